The molecule has 0 heterocycles. The third-order valence-corrected chi connectivity index (χ3v) is 4.72. The Morgan fingerprint density at radius 2 is 1.57 bits per heavy atom. The highest BCUT2D eigenvalue weighted by molar-refractivity contribution is 5.29. The van der Waals surface area contributed by atoms with Crippen molar-refractivity contribution in [1.29, 1.82) is 0 Å². The second-order valence-electron chi connectivity index (χ2n) is 7.75. The van der Waals surface area contributed by atoms with Crippen molar-refractivity contribution >= 4 is 0 Å². The van der Waals surface area contributed by atoms with Gasteiger partial charge in [0.2, 0.25) is 0 Å². The molecule has 5 heteroatoms. The van der Waals surface area contributed by atoms with E-state index in [-0.39, 0.29) is 12.1 Å². The van der Waals surface area contributed by atoms with Gasteiger partial charge in [0, 0.05) is 12.1 Å². The summed E-state index contributed by atoms with van der Waals surface area (Å²) in [5.74, 6) is 1.53. The van der Waals surface area contributed by atoms with Gasteiger partial charge in [-0.2, -0.15) is 0 Å². The monoisotopic (exact) mass is 387 g/mol. The second kappa shape index (κ2) is 10.5. The van der Waals surface area contributed by atoms with Crippen molar-refractivity contribution in [1.82, 2.24) is 5.32 Å². The highest BCUT2D eigenvalue weighted by atomic mass is 16.5. The molecule has 5 nitrogen and oxygen atoms in total. The Hall–Kier alpha value is -2.08. The van der Waals surface area contributed by atoms with E-state index >= 15 is 0 Å². The van der Waals surface area contributed by atoms with Crippen LogP contribution >= 0.6 is 0 Å². The lowest BCUT2D eigenvalue weighted by Gasteiger charge is -2.28. The minimum Gasteiger partial charge on any atom is -0.497 e. The van der Waals surface area contributed by atoms with Gasteiger partial charge in [-0.3, -0.25) is 0 Å². The lowest BCUT2D eigenvalue weighted by Crippen LogP contribution is -2.46. The Morgan fingerprint density at radius 3 is 2.14 bits per heavy atom. The summed E-state index contributed by atoms with van der Waals surface area (Å²) in [5.41, 5.74) is 1.92. The zero-order valence-corrected chi connectivity index (χ0v) is 17.3. The van der Waals surface area contributed by atoms with E-state index in [1.807, 2.05) is 43.3 Å². The Morgan fingerprint density at radius 1 is 0.964 bits per heavy atom. The molecule has 154 valence electrons. The fourth-order valence-corrected chi connectivity index (χ4v) is 2.98. The normalized spacial score (nSPS) is 13.8. The molecule has 0 spiro atoms. The molecule has 0 aliphatic carbocycles. The van der Waals surface area contributed by atoms with Crippen LogP contribution in [0.2, 0.25) is 0 Å². The van der Waals surface area contributed by atoms with Crippen LogP contribution in [0.3, 0.4) is 0 Å². The van der Waals surface area contributed by atoms with Crippen LogP contribution in [0.15, 0.2) is 48.5 Å². The van der Waals surface area contributed by atoms with Crippen LogP contribution in [-0.2, 0) is 6.42 Å². The van der Waals surface area contributed by atoms with Crippen molar-refractivity contribution < 1.29 is 19.7 Å². The first-order chi connectivity index (χ1) is 13.3. The predicted molar refractivity (Wildman–Crippen MR) is 112 cm³/mol. The van der Waals surface area contributed by atoms with Crippen molar-refractivity contribution in [3.8, 4) is 11.5 Å². The number of β-amino-alcohol motifs (C(OH)–C–C–N with tert-alkyl or cyclic N) is 1. The highest BCUT2D eigenvalue weighted by Gasteiger charge is 2.19. The Kier molecular flexibility index (Phi) is 8.30. The van der Waals surface area contributed by atoms with Crippen molar-refractivity contribution in [2.75, 3.05) is 20.3 Å². The lowest BCUT2D eigenvalue weighted by molar-refractivity contribution is 0.0987. The van der Waals surface area contributed by atoms with E-state index in [1.54, 1.807) is 7.11 Å². The summed E-state index contributed by atoms with van der Waals surface area (Å²) in [4.78, 5) is 0. The molecule has 0 radical (unpaired) electrons. The van der Waals surface area contributed by atoms with Gasteiger partial charge >= 0.3 is 0 Å². The zero-order valence-electron chi connectivity index (χ0n) is 17.3. The smallest absolute Gasteiger partial charge is 0.119 e. The van der Waals surface area contributed by atoms with Gasteiger partial charge in [0.15, 0.2) is 0 Å². The number of ether oxygens (including phenoxy) is 2. The maximum atomic E-state index is 10.2. The van der Waals surface area contributed by atoms with Crippen LogP contribution < -0.4 is 14.8 Å². The molecule has 0 aliphatic heterocycles. The highest BCUT2D eigenvalue weighted by Crippen LogP contribution is 2.20. The van der Waals surface area contributed by atoms with Crippen molar-refractivity contribution in [2.24, 2.45) is 0 Å². The fraction of sp³-hybridized carbons (Fsp3) is 0.478. The fourth-order valence-electron chi connectivity index (χ4n) is 2.98. The molecule has 0 bridgehead atoms. The maximum Gasteiger partial charge on any atom is 0.119 e. The minimum absolute atomic E-state index is 0.159. The molecule has 0 unspecified atom stereocenters. The summed E-state index contributed by atoms with van der Waals surface area (Å²) in [6.07, 6.45) is 0.454. The van der Waals surface area contributed by atoms with E-state index < -0.39 is 12.2 Å². The Bertz CT molecular complexity index is 698. The molecule has 2 rings (SSSR count). The van der Waals surface area contributed by atoms with Gasteiger partial charge in [-0.1, -0.05) is 31.2 Å². The molecule has 2 atom stereocenters. The molecular formula is C23H33NO4. The van der Waals surface area contributed by atoms with Crippen LogP contribution in [-0.4, -0.2) is 42.1 Å². The van der Waals surface area contributed by atoms with Crippen molar-refractivity contribution in [3.63, 3.8) is 0 Å². The van der Waals surface area contributed by atoms with Gasteiger partial charge in [0.05, 0.1) is 13.2 Å². The van der Waals surface area contributed by atoms with Gasteiger partial charge in [-0.25, -0.2) is 0 Å². The molecule has 28 heavy (non-hydrogen) atoms. The summed E-state index contributed by atoms with van der Waals surface area (Å²) in [5, 5.41) is 23.5. The summed E-state index contributed by atoms with van der Waals surface area (Å²) < 4.78 is 10.9. The summed E-state index contributed by atoms with van der Waals surface area (Å²) in [7, 11) is 1.66. The standard InChI is InChI=1S/C23H33NO4/c1-5-22(26)18-8-12-21(13-9-18)28-16-19(25)15-24-23(2,3)14-17-6-10-20(27-4)11-7-17/h6-13,19,22,24-26H,5,14-16H2,1-4H3/t19-,22-/m1/s1. The van der Waals surface area contributed by atoms with Crippen molar-refractivity contribution in [3.05, 3.63) is 59.7 Å². The van der Waals surface area contributed by atoms with Gasteiger partial charge < -0.3 is 25.0 Å². The Labute approximate surface area is 168 Å². The van der Waals surface area contributed by atoms with Crippen LogP contribution in [0, 0.1) is 0 Å². The first-order valence-electron chi connectivity index (χ1n) is 9.80. The second-order valence-corrected chi connectivity index (χ2v) is 7.75. The van der Waals surface area contributed by atoms with E-state index in [2.05, 4.69) is 31.3 Å². The largest absolute Gasteiger partial charge is 0.497 e. The average Bonchev–Trinajstić information content (AvgIpc) is 2.71. The maximum absolute atomic E-state index is 10.2. The molecule has 0 aliphatic rings. The number of methoxy groups -OCH3 is 1. The van der Waals surface area contributed by atoms with Gasteiger partial charge in [0.25, 0.3) is 0 Å². The van der Waals surface area contributed by atoms with Gasteiger partial charge in [0.1, 0.15) is 24.2 Å². The van der Waals surface area contributed by atoms with Crippen LogP contribution in [0.25, 0.3) is 0 Å². The van der Waals surface area contributed by atoms with Crippen LogP contribution in [0.5, 0.6) is 11.5 Å². The number of nitrogens with one attached hydrogen (secondary N) is 1. The van der Waals surface area contributed by atoms with E-state index in [0.29, 0.717) is 18.7 Å². The number of hydrogen-bond acceptors (Lipinski definition) is 5. The number of aliphatic hydroxyl groups excluding tert-OH is 2. The first-order valence-corrected chi connectivity index (χ1v) is 9.80. The van der Waals surface area contributed by atoms with Crippen LogP contribution in [0.1, 0.15) is 44.4 Å². The van der Waals surface area contributed by atoms with Crippen molar-refractivity contribution in [2.45, 2.75) is 51.4 Å². The minimum atomic E-state index is -0.615. The molecular weight excluding hydrogens is 354 g/mol. The average molecular weight is 388 g/mol. The molecule has 3 N–H and O–H groups in total. The number of benzene rings is 2. The third-order valence-electron chi connectivity index (χ3n) is 4.72. The first kappa shape index (κ1) is 22.2. The number of hydrogen-bond donors (Lipinski definition) is 3. The topological polar surface area (TPSA) is 71.0 Å². The van der Waals surface area contributed by atoms with Gasteiger partial charge in [-0.05, 0) is 62.1 Å². The summed E-state index contributed by atoms with van der Waals surface area (Å²) in [6.45, 7) is 6.82. The van der Waals surface area contributed by atoms with E-state index in [9.17, 15) is 10.2 Å². The van der Waals surface area contributed by atoms with E-state index in [1.165, 1.54) is 5.56 Å². The quantitative estimate of drug-likeness (QED) is 0.551. The SMILES string of the molecule is CC[C@@H](O)c1ccc(OC[C@H](O)CNC(C)(C)Cc2ccc(OC)cc2)cc1. The molecule has 2 aromatic rings. The molecule has 0 amide bonds. The lowest BCUT2D eigenvalue weighted by atomic mass is 9.94. The summed E-state index contributed by atoms with van der Waals surface area (Å²) >= 11 is 0. The third kappa shape index (κ3) is 7.15. The molecule has 0 saturated heterocycles. The van der Waals surface area contributed by atoms with Gasteiger partial charge in [-0.15, -0.1) is 0 Å². The molecule has 2 aromatic carbocycles. The number of aliphatic hydroxyl groups is 2. The van der Waals surface area contributed by atoms with E-state index in [4.69, 9.17) is 9.47 Å². The van der Waals surface area contributed by atoms with Crippen LogP contribution in [0.4, 0.5) is 0 Å². The predicted octanol–water partition coefficient (Wildman–Crippen LogP) is 3.49. The molecule has 0 fully saturated rings. The van der Waals surface area contributed by atoms with E-state index in [0.717, 1.165) is 17.7 Å². The molecule has 0 aromatic heterocycles. The molecule has 0 saturated carbocycles. The number of rotatable bonds is 11. The summed E-state index contributed by atoms with van der Waals surface area (Å²) in [6, 6.07) is 15.4. The Balaban J connectivity index is 1.76. The zero-order chi connectivity index (χ0) is 20.6.